The first-order chi connectivity index (χ1) is 20.4. The molecule has 3 aromatic carbocycles. The van der Waals surface area contributed by atoms with Crippen molar-refractivity contribution in [3.8, 4) is 33.9 Å². The highest BCUT2D eigenvalue weighted by molar-refractivity contribution is 7.18. The Kier molecular flexibility index (Phi) is 10.3. The quantitative estimate of drug-likeness (QED) is 0.0885. The van der Waals surface area contributed by atoms with Crippen molar-refractivity contribution in [2.45, 2.75) is 6.42 Å². The minimum atomic E-state index is -0.587. The van der Waals surface area contributed by atoms with Gasteiger partial charge in [-0.05, 0) is 66.1 Å². The number of hydrogen-bond donors (Lipinski definition) is 1. The van der Waals surface area contributed by atoms with Gasteiger partial charge < -0.3 is 19.1 Å². The van der Waals surface area contributed by atoms with E-state index >= 15 is 0 Å². The predicted octanol–water partition coefficient (Wildman–Crippen LogP) is 6.01. The van der Waals surface area contributed by atoms with Gasteiger partial charge in [0.15, 0.2) is 11.5 Å². The molecule has 0 unspecified atom stereocenters. The fourth-order valence-electron chi connectivity index (χ4n) is 3.94. The number of nitrogens with zero attached hydrogens (tertiary/aromatic N) is 4. The molecule has 0 atom stereocenters. The second kappa shape index (κ2) is 14.5. The molecule has 0 aliphatic carbocycles. The number of nitrogens with one attached hydrogen (secondary N) is 1. The number of carbonyl (C=O) groups excluding carboxylic acids is 1. The number of rotatable bonds is 13. The van der Waals surface area contributed by atoms with E-state index in [1.165, 1.54) is 24.5 Å². The Balaban J connectivity index is 1.37. The summed E-state index contributed by atoms with van der Waals surface area (Å²) in [6.45, 7) is 4.42. The first kappa shape index (κ1) is 29.8. The van der Waals surface area contributed by atoms with Crippen molar-refractivity contribution in [2.24, 2.45) is 0 Å². The number of aromatic nitrogens is 2. The minimum absolute atomic E-state index is 0.0932. The Morgan fingerprint density at radius 2 is 1.76 bits per heavy atom. The van der Waals surface area contributed by atoms with Gasteiger partial charge in [0.25, 0.3) is 5.91 Å². The molecule has 4 aromatic rings. The lowest BCUT2D eigenvalue weighted by atomic mass is 10.1. The van der Waals surface area contributed by atoms with Crippen LogP contribution in [0, 0.1) is 11.3 Å². The molecule has 0 saturated carbocycles. The molecule has 0 radical (unpaired) electrons. The number of anilines is 2. The van der Waals surface area contributed by atoms with Crippen LogP contribution in [0.3, 0.4) is 0 Å². The average molecular weight is 582 g/mol. The summed E-state index contributed by atoms with van der Waals surface area (Å²) in [5.41, 5.74) is 3.50. The van der Waals surface area contributed by atoms with Gasteiger partial charge in [-0.3, -0.25) is 10.1 Å². The molecule has 10 heteroatoms. The zero-order valence-corrected chi connectivity index (χ0v) is 24.5. The standard InChI is InChI=1S/C32H31N5O4S/c1-5-8-23-9-6-7-10-27(23)40-17-18-41-28-16-11-22(20-29(28)39-4)19-25(21-33)30(38)34-32-36-35-31(42-32)24-12-14-26(15-13-24)37(2)3/h5-7,9-16,19-20H,1,8,17-18H2,2-4H3,(H,34,36,38). The van der Waals surface area contributed by atoms with Crippen LogP contribution in [0.1, 0.15) is 11.1 Å². The zero-order chi connectivity index (χ0) is 29.9. The van der Waals surface area contributed by atoms with Crippen LogP contribution in [-0.2, 0) is 11.2 Å². The zero-order valence-electron chi connectivity index (χ0n) is 23.7. The molecule has 1 aromatic heterocycles. The van der Waals surface area contributed by atoms with Gasteiger partial charge in [-0.15, -0.1) is 16.8 Å². The first-order valence-electron chi connectivity index (χ1n) is 13.1. The van der Waals surface area contributed by atoms with E-state index in [1.807, 2.05) is 79.7 Å². The lowest BCUT2D eigenvalue weighted by molar-refractivity contribution is -0.112. The van der Waals surface area contributed by atoms with Crippen LogP contribution in [-0.4, -0.2) is 50.5 Å². The topological polar surface area (TPSA) is 110 Å². The number of benzene rings is 3. The van der Waals surface area contributed by atoms with Crippen molar-refractivity contribution in [3.63, 3.8) is 0 Å². The van der Waals surface area contributed by atoms with Crippen molar-refractivity contribution in [1.29, 1.82) is 5.26 Å². The second-order valence-corrected chi connectivity index (χ2v) is 10.2. The minimum Gasteiger partial charge on any atom is -0.493 e. The Morgan fingerprint density at radius 3 is 2.45 bits per heavy atom. The Bertz CT molecular complexity index is 1610. The molecule has 0 aliphatic rings. The van der Waals surface area contributed by atoms with Crippen LogP contribution in [0.5, 0.6) is 17.2 Å². The largest absolute Gasteiger partial charge is 0.493 e. The van der Waals surface area contributed by atoms with Gasteiger partial charge in [-0.25, -0.2) is 0 Å². The van der Waals surface area contributed by atoms with E-state index in [0.717, 1.165) is 29.0 Å². The summed E-state index contributed by atoms with van der Waals surface area (Å²) < 4.78 is 17.2. The van der Waals surface area contributed by atoms with Crippen molar-refractivity contribution in [3.05, 3.63) is 96.1 Å². The molecule has 1 heterocycles. The van der Waals surface area contributed by atoms with E-state index < -0.39 is 5.91 Å². The molecule has 4 rings (SSSR count). The third kappa shape index (κ3) is 7.74. The van der Waals surface area contributed by atoms with E-state index in [2.05, 4.69) is 22.1 Å². The maximum Gasteiger partial charge on any atom is 0.268 e. The molecule has 0 spiro atoms. The van der Waals surface area contributed by atoms with Crippen LogP contribution in [0.25, 0.3) is 16.6 Å². The van der Waals surface area contributed by atoms with Gasteiger partial charge in [-0.2, -0.15) is 5.26 Å². The number of allylic oxidation sites excluding steroid dienone is 1. The van der Waals surface area contributed by atoms with Crippen LogP contribution >= 0.6 is 11.3 Å². The highest BCUT2D eigenvalue weighted by Crippen LogP contribution is 2.30. The summed E-state index contributed by atoms with van der Waals surface area (Å²) >= 11 is 1.23. The highest BCUT2D eigenvalue weighted by atomic mass is 32.1. The molecule has 9 nitrogen and oxygen atoms in total. The lowest BCUT2D eigenvalue weighted by Crippen LogP contribution is -2.13. The summed E-state index contributed by atoms with van der Waals surface area (Å²) in [5, 5.41) is 21.5. The maximum absolute atomic E-state index is 12.8. The summed E-state index contributed by atoms with van der Waals surface area (Å²) in [6.07, 6.45) is 4.03. The molecule has 42 heavy (non-hydrogen) atoms. The number of amides is 1. The van der Waals surface area contributed by atoms with E-state index in [1.54, 1.807) is 18.2 Å². The fraction of sp³-hybridized carbons (Fsp3) is 0.188. The molecule has 0 fully saturated rings. The van der Waals surface area contributed by atoms with Crippen LogP contribution in [0.4, 0.5) is 10.8 Å². The normalized spacial score (nSPS) is 10.9. The van der Waals surface area contributed by atoms with Gasteiger partial charge in [0.1, 0.15) is 35.6 Å². The Hall–Kier alpha value is -5.14. The second-order valence-electron chi connectivity index (χ2n) is 9.19. The van der Waals surface area contributed by atoms with E-state index in [-0.39, 0.29) is 5.57 Å². The Labute approximate surface area is 249 Å². The summed E-state index contributed by atoms with van der Waals surface area (Å²) in [4.78, 5) is 14.9. The number of para-hydroxylation sites is 1. The van der Waals surface area contributed by atoms with Crippen LogP contribution in [0.2, 0.25) is 0 Å². The number of ether oxygens (including phenoxy) is 3. The molecular formula is C32H31N5O4S. The average Bonchev–Trinajstić information content (AvgIpc) is 3.47. The monoisotopic (exact) mass is 581 g/mol. The van der Waals surface area contributed by atoms with Crippen molar-refractivity contribution in [1.82, 2.24) is 10.2 Å². The SMILES string of the molecule is C=CCc1ccccc1OCCOc1ccc(C=C(C#N)C(=O)Nc2nnc(-c3ccc(N(C)C)cc3)s2)cc1OC. The highest BCUT2D eigenvalue weighted by Gasteiger charge is 2.15. The van der Waals surface area contributed by atoms with E-state index in [9.17, 15) is 10.1 Å². The van der Waals surface area contributed by atoms with Gasteiger partial charge in [0.2, 0.25) is 5.13 Å². The molecule has 0 bridgehead atoms. The third-order valence-corrected chi connectivity index (χ3v) is 6.96. The van der Waals surface area contributed by atoms with Crippen molar-refractivity contribution in [2.75, 3.05) is 44.6 Å². The van der Waals surface area contributed by atoms with Crippen molar-refractivity contribution < 1.29 is 19.0 Å². The number of hydrogen-bond acceptors (Lipinski definition) is 9. The first-order valence-corrected chi connectivity index (χ1v) is 13.9. The number of methoxy groups -OCH3 is 1. The predicted molar refractivity (Wildman–Crippen MR) is 166 cm³/mol. The van der Waals surface area contributed by atoms with Gasteiger partial charge in [-0.1, -0.05) is 41.7 Å². The summed E-state index contributed by atoms with van der Waals surface area (Å²) in [6, 6.07) is 22.8. The molecule has 0 saturated heterocycles. The lowest BCUT2D eigenvalue weighted by Gasteiger charge is -2.13. The van der Waals surface area contributed by atoms with E-state index in [4.69, 9.17) is 14.2 Å². The fourth-order valence-corrected chi connectivity index (χ4v) is 4.68. The van der Waals surface area contributed by atoms with Crippen LogP contribution < -0.4 is 24.4 Å². The number of nitriles is 1. The summed E-state index contributed by atoms with van der Waals surface area (Å²) in [7, 11) is 5.46. The molecule has 1 amide bonds. The van der Waals surface area contributed by atoms with Gasteiger partial charge in [0.05, 0.1) is 7.11 Å². The molecule has 214 valence electrons. The summed E-state index contributed by atoms with van der Waals surface area (Å²) in [5.74, 6) is 1.18. The van der Waals surface area contributed by atoms with Crippen molar-refractivity contribution >= 4 is 34.1 Å². The molecule has 0 aliphatic heterocycles. The van der Waals surface area contributed by atoms with E-state index in [0.29, 0.717) is 40.4 Å². The maximum atomic E-state index is 12.8. The molecule has 1 N–H and O–H groups in total. The van der Waals surface area contributed by atoms with Crippen LogP contribution in [0.15, 0.2) is 85.0 Å². The smallest absolute Gasteiger partial charge is 0.268 e. The molecular weight excluding hydrogens is 550 g/mol. The van der Waals surface area contributed by atoms with Gasteiger partial charge in [0, 0.05) is 25.3 Å². The Morgan fingerprint density at radius 1 is 1.02 bits per heavy atom. The van der Waals surface area contributed by atoms with Gasteiger partial charge >= 0.3 is 0 Å². The number of carbonyl (C=O) groups is 1. The third-order valence-electron chi connectivity index (χ3n) is 6.08.